The monoisotopic (exact) mass is 413 g/mol. The largest absolute Gasteiger partial charge is 0.366 e. The molecule has 0 fully saturated rings. The van der Waals surface area contributed by atoms with Crippen molar-refractivity contribution in [2.45, 2.75) is 0 Å². The standard InChI is InChI=1S/C16H9.CH3.Au/c1-2-14-8-10-16(11-9-14)13-12-15-6-4-3-5-7-15;;/h3-11H;1H3;/q2*-1;. The van der Waals surface area contributed by atoms with Gasteiger partial charge in [0.2, 0.25) is 0 Å². The van der Waals surface area contributed by atoms with E-state index in [0.717, 1.165) is 16.7 Å². The molecule has 0 bridgehead atoms. The molecular weight excluding hydrogens is 401 g/mol. The van der Waals surface area contributed by atoms with Gasteiger partial charge in [-0.1, -0.05) is 42.2 Å². The summed E-state index contributed by atoms with van der Waals surface area (Å²) in [5.41, 5.74) is 2.72. The van der Waals surface area contributed by atoms with Crippen LogP contribution in [0, 0.1) is 31.6 Å². The quantitative estimate of drug-likeness (QED) is 0.353. The molecule has 0 amide bonds. The third-order valence-electron chi connectivity index (χ3n) is 2.15. The number of hydrogen-bond acceptors (Lipinski definition) is 0. The maximum Gasteiger partial charge on any atom is 0.0249 e. The van der Waals surface area contributed by atoms with E-state index in [2.05, 4.69) is 17.8 Å². The predicted molar refractivity (Wildman–Crippen MR) is 71.5 cm³/mol. The first kappa shape index (κ1) is 16.3. The van der Waals surface area contributed by atoms with Gasteiger partial charge in [0.1, 0.15) is 0 Å². The van der Waals surface area contributed by atoms with Gasteiger partial charge in [-0.15, -0.1) is 17.7 Å². The van der Waals surface area contributed by atoms with E-state index in [1.807, 2.05) is 54.6 Å². The smallest absolute Gasteiger partial charge is 0.0249 e. The minimum atomic E-state index is 0. The molecule has 18 heavy (non-hydrogen) atoms. The Morgan fingerprint density at radius 3 is 1.61 bits per heavy atom. The van der Waals surface area contributed by atoms with Crippen LogP contribution >= 0.6 is 0 Å². The Balaban J connectivity index is 0.00000144. The molecule has 0 saturated carbocycles. The molecule has 0 unspecified atom stereocenters. The van der Waals surface area contributed by atoms with Gasteiger partial charge < -0.3 is 13.9 Å². The molecule has 93 valence electrons. The maximum atomic E-state index is 6.96. The van der Waals surface area contributed by atoms with Crippen molar-refractivity contribution >= 4 is 0 Å². The first-order valence-electron chi connectivity index (χ1n) is 4.98. The molecule has 0 spiro atoms. The molecule has 0 aliphatic heterocycles. The Bertz CT molecular complexity index is 563. The van der Waals surface area contributed by atoms with Crippen molar-refractivity contribution in [3.63, 3.8) is 0 Å². The number of rotatable bonds is 0. The first-order chi connectivity index (χ1) is 7.88. The van der Waals surface area contributed by atoms with Crippen LogP contribution in [0.25, 0.3) is 0 Å². The van der Waals surface area contributed by atoms with Gasteiger partial charge in [-0.2, -0.15) is 0 Å². The molecule has 0 heterocycles. The summed E-state index contributed by atoms with van der Waals surface area (Å²) in [4.78, 5) is 0. The van der Waals surface area contributed by atoms with Crippen LogP contribution in [0.5, 0.6) is 0 Å². The second-order valence-electron chi connectivity index (χ2n) is 3.32. The zero-order chi connectivity index (χ0) is 11.2. The summed E-state index contributed by atoms with van der Waals surface area (Å²) < 4.78 is 0. The van der Waals surface area contributed by atoms with Crippen LogP contribution in [-0.2, 0) is 22.4 Å². The third kappa shape index (κ3) is 4.66. The van der Waals surface area contributed by atoms with E-state index >= 15 is 0 Å². The number of benzene rings is 2. The Morgan fingerprint density at radius 1 is 0.667 bits per heavy atom. The topological polar surface area (TPSA) is 0 Å². The molecule has 2 rings (SSSR count). The molecule has 1 radical (unpaired) electrons. The van der Waals surface area contributed by atoms with E-state index in [1.54, 1.807) is 0 Å². The summed E-state index contributed by atoms with van der Waals surface area (Å²) in [7, 11) is 0. The van der Waals surface area contributed by atoms with Crippen molar-refractivity contribution in [3.8, 4) is 17.8 Å². The molecule has 0 aliphatic rings. The van der Waals surface area contributed by atoms with Gasteiger partial charge in [-0.25, -0.2) is 0 Å². The minimum absolute atomic E-state index is 0. The second kappa shape index (κ2) is 8.40. The molecule has 0 aromatic heterocycles. The van der Waals surface area contributed by atoms with Crippen LogP contribution in [0.1, 0.15) is 16.7 Å². The van der Waals surface area contributed by atoms with Gasteiger partial charge in [0.15, 0.2) is 0 Å². The number of hydrogen-bond donors (Lipinski definition) is 0. The summed E-state index contributed by atoms with van der Waals surface area (Å²) in [6, 6.07) is 17.3. The molecule has 0 aliphatic carbocycles. The average Bonchev–Trinajstić information content (AvgIpc) is 2.38. The molecule has 2 aromatic rings. The van der Waals surface area contributed by atoms with Gasteiger partial charge in [0, 0.05) is 33.5 Å². The van der Waals surface area contributed by atoms with E-state index in [-0.39, 0.29) is 29.8 Å². The Kier molecular flexibility index (Phi) is 7.61. The molecule has 0 saturated heterocycles. The summed E-state index contributed by atoms with van der Waals surface area (Å²) in [6.45, 7) is 0. The summed E-state index contributed by atoms with van der Waals surface area (Å²) >= 11 is 0. The Morgan fingerprint density at radius 2 is 1.11 bits per heavy atom. The van der Waals surface area contributed by atoms with E-state index in [9.17, 15) is 0 Å². The zero-order valence-corrected chi connectivity index (χ0v) is 12.2. The van der Waals surface area contributed by atoms with E-state index in [1.165, 1.54) is 0 Å². The van der Waals surface area contributed by atoms with E-state index in [4.69, 9.17) is 6.42 Å². The van der Waals surface area contributed by atoms with Crippen molar-refractivity contribution in [1.82, 2.24) is 0 Å². The van der Waals surface area contributed by atoms with Crippen molar-refractivity contribution in [2.24, 2.45) is 0 Å². The fraction of sp³-hybridized carbons (Fsp3) is 0. The Hall–Kier alpha value is -1.70. The maximum absolute atomic E-state index is 6.96. The fourth-order valence-electron chi connectivity index (χ4n) is 1.30. The van der Waals surface area contributed by atoms with Crippen LogP contribution in [0.15, 0.2) is 54.6 Å². The third-order valence-corrected chi connectivity index (χ3v) is 2.15. The van der Waals surface area contributed by atoms with Gasteiger partial charge >= 0.3 is 0 Å². The second-order valence-corrected chi connectivity index (χ2v) is 3.32. The molecule has 1 heteroatoms. The summed E-state index contributed by atoms with van der Waals surface area (Å²) in [5.74, 6) is 8.48. The minimum Gasteiger partial charge on any atom is -0.366 e. The zero-order valence-electron chi connectivity index (χ0n) is 10.00. The average molecular weight is 413 g/mol. The van der Waals surface area contributed by atoms with Crippen molar-refractivity contribution in [2.75, 3.05) is 0 Å². The van der Waals surface area contributed by atoms with E-state index in [0.29, 0.717) is 0 Å². The van der Waals surface area contributed by atoms with E-state index < -0.39 is 0 Å². The summed E-state index contributed by atoms with van der Waals surface area (Å²) in [5, 5.41) is 0. The van der Waals surface area contributed by atoms with Crippen molar-refractivity contribution in [1.29, 1.82) is 0 Å². The first-order valence-corrected chi connectivity index (χ1v) is 4.98. The molecular formula is C17H12Au-2. The molecule has 0 N–H and O–H groups in total. The summed E-state index contributed by atoms with van der Waals surface area (Å²) in [6.07, 6.45) is 6.96. The molecule has 2 aromatic carbocycles. The normalized spacial score (nSPS) is 7.72. The fourth-order valence-corrected chi connectivity index (χ4v) is 1.30. The van der Waals surface area contributed by atoms with Crippen molar-refractivity contribution in [3.05, 3.63) is 85.1 Å². The predicted octanol–water partition coefficient (Wildman–Crippen LogP) is 3.47. The van der Waals surface area contributed by atoms with Gasteiger partial charge in [0.05, 0.1) is 0 Å². The van der Waals surface area contributed by atoms with Crippen LogP contribution in [0.3, 0.4) is 0 Å². The van der Waals surface area contributed by atoms with Gasteiger partial charge in [-0.3, -0.25) is 5.92 Å². The molecule has 0 atom stereocenters. The van der Waals surface area contributed by atoms with Gasteiger partial charge in [-0.05, 0) is 12.1 Å². The van der Waals surface area contributed by atoms with Crippen LogP contribution < -0.4 is 0 Å². The molecule has 0 nitrogen and oxygen atoms in total. The van der Waals surface area contributed by atoms with Gasteiger partial charge in [0.25, 0.3) is 0 Å². The Labute approximate surface area is 125 Å². The van der Waals surface area contributed by atoms with Crippen LogP contribution in [-0.4, -0.2) is 0 Å². The SMILES string of the molecule is [Au].[C-]#Cc1ccc(C#Cc2ccccc2)cc1.[CH3-]. The van der Waals surface area contributed by atoms with Crippen LogP contribution in [0.4, 0.5) is 0 Å². The van der Waals surface area contributed by atoms with Crippen molar-refractivity contribution < 1.29 is 22.4 Å². The van der Waals surface area contributed by atoms with Crippen LogP contribution in [0.2, 0.25) is 0 Å².